The molecular formula is C20H17F3N2O5S2. The van der Waals surface area contributed by atoms with E-state index in [9.17, 15) is 35.1 Å². The van der Waals surface area contributed by atoms with E-state index in [4.69, 9.17) is 0 Å². The number of aromatic hydroxyl groups is 1. The molecule has 2 N–H and O–H groups in total. The zero-order valence-electron chi connectivity index (χ0n) is 16.2. The summed E-state index contributed by atoms with van der Waals surface area (Å²) in [6.45, 7) is -0.353. The van der Waals surface area contributed by atoms with Crippen molar-refractivity contribution in [2.24, 2.45) is 0 Å². The topological polar surface area (TPSA) is 113 Å². The van der Waals surface area contributed by atoms with E-state index < -0.39 is 41.4 Å². The first kappa shape index (κ1) is 23.7. The first-order chi connectivity index (χ1) is 14.9. The van der Waals surface area contributed by atoms with Crippen molar-refractivity contribution in [3.63, 3.8) is 0 Å². The van der Waals surface area contributed by atoms with Crippen molar-refractivity contribution in [1.82, 2.24) is 9.71 Å². The molecule has 0 aliphatic rings. The van der Waals surface area contributed by atoms with Gasteiger partial charge in [-0.2, -0.15) is 13.2 Å². The second-order valence-corrected chi connectivity index (χ2v) is 10.3. The van der Waals surface area contributed by atoms with Crippen molar-refractivity contribution < 1.29 is 35.1 Å². The van der Waals surface area contributed by atoms with E-state index in [0.717, 1.165) is 6.07 Å². The van der Waals surface area contributed by atoms with Gasteiger partial charge in [0.1, 0.15) is 0 Å². The first-order valence-corrected chi connectivity index (χ1v) is 12.0. The van der Waals surface area contributed by atoms with Gasteiger partial charge in [0.2, 0.25) is 25.7 Å². The maximum absolute atomic E-state index is 13.5. The number of alkyl halides is 3. The van der Waals surface area contributed by atoms with Gasteiger partial charge in [-0.1, -0.05) is 24.3 Å². The molecule has 12 heteroatoms. The molecule has 0 atom stereocenters. The molecule has 0 aliphatic heterocycles. The molecule has 0 radical (unpaired) electrons. The zero-order valence-corrected chi connectivity index (χ0v) is 17.9. The van der Waals surface area contributed by atoms with E-state index in [1.165, 1.54) is 42.6 Å². The molecular weight excluding hydrogens is 469 g/mol. The Balaban J connectivity index is 1.99. The van der Waals surface area contributed by atoms with E-state index in [0.29, 0.717) is 12.1 Å². The Labute approximate surface area is 182 Å². The summed E-state index contributed by atoms with van der Waals surface area (Å²) in [4.78, 5) is 1.63. The van der Waals surface area contributed by atoms with Crippen LogP contribution in [0.25, 0.3) is 0 Å². The van der Waals surface area contributed by atoms with Gasteiger partial charge in [0.25, 0.3) is 0 Å². The summed E-state index contributed by atoms with van der Waals surface area (Å²) in [5.74, 6) is -0.335. The number of nitrogens with zero attached hydrogens (tertiary/aromatic N) is 1. The van der Waals surface area contributed by atoms with E-state index >= 15 is 0 Å². The minimum atomic E-state index is -5.04. The van der Waals surface area contributed by atoms with E-state index in [1.807, 2.05) is 4.72 Å². The highest BCUT2D eigenvalue weighted by Gasteiger charge is 2.38. The fourth-order valence-corrected chi connectivity index (χ4v) is 5.55. The predicted octanol–water partition coefficient (Wildman–Crippen LogP) is 3.16. The van der Waals surface area contributed by atoms with Gasteiger partial charge in [-0.25, -0.2) is 26.5 Å². The lowest BCUT2D eigenvalue weighted by molar-refractivity contribution is -0.139. The lowest BCUT2D eigenvalue weighted by Gasteiger charge is -2.16. The fraction of sp³-hybridized carbons (Fsp3) is 0.150. The third-order valence-electron chi connectivity index (χ3n) is 4.47. The van der Waals surface area contributed by atoms with Crippen LogP contribution in [0.2, 0.25) is 0 Å². The fourth-order valence-electron chi connectivity index (χ4n) is 2.89. The summed E-state index contributed by atoms with van der Waals surface area (Å²) in [6, 6.07) is 11.6. The highest BCUT2D eigenvalue weighted by atomic mass is 32.2. The number of nitrogens with one attached hydrogen (secondary N) is 1. The van der Waals surface area contributed by atoms with E-state index in [-0.39, 0.29) is 29.3 Å². The molecule has 0 aliphatic carbocycles. The van der Waals surface area contributed by atoms with Gasteiger partial charge in [-0.3, -0.25) is 0 Å². The number of sulfonamides is 1. The van der Waals surface area contributed by atoms with Crippen molar-refractivity contribution in [2.75, 3.05) is 6.54 Å². The third kappa shape index (κ3) is 5.09. The lowest BCUT2D eigenvalue weighted by atomic mass is 10.2. The van der Waals surface area contributed by atoms with Crippen LogP contribution in [0.3, 0.4) is 0 Å². The van der Waals surface area contributed by atoms with Crippen molar-refractivity contribution in [3.8, 4) is 5.88 Å². The van der Waals surface area contributed by atoms with E-state index in [2.05, 4.69) is 4.98 Å². The number of hydrogen-bond donors (Lipinski definition) is 2. The molecule has 0 fully saturated rings. The summed E-state index contributed by atoms with van der Waals surface area (Å²) in [5.41, 5.74) is -1.21. The van der Waals surface area contributed by atoms with Crippen LogP contribution in [0.5, 0.6) is 5.88 Å². The molecule has 0 saturated carbocycles. The minimum absolute atomic E-state index is 0.0533. The number of aromatic nitrogens is 1. The van der Waals surface area contributed by atoms with Crippen LogP contribution in [0.4, 0.5) is 13.2 Å². The molecule has 1 aromatic heterocycles. The smallest absolute Gasteiger partial charge is 0.417 e. The second kappa shape index (κ2) is 8.88. The third-order valence-corrected chi connectivity index (χ3v) is 7.73. The van der Waals surface area contributed by atoms with E-state index in [1.54, 1.807) is 6.07 Å². The number of rotatable bonds is 7. The lowest BCUT2D eigenvalue weighted by Crippen LogP contribution is -2.28. The SMILES string of the molecule is O=S(=O)(NCCc1cccnc1O)c1cc(S(=O)(=O)c2ccccc2)ccc1C(F)(F)F. The molecule has 32 heavy (non-hydrogen) atoms. The van der Waals surface area contributed by atoms with Gasteiger partial charge in [0.15, 0.2) is 0 Å². The van der Waals surface area contributed by atoms with Gasteiger partial charge in [-0.05, 0) is 42.8 Å². The Bertz CT molecular complexity index is 1330. The summed E-state index contributed by atoms with van der Waals surface area (Å²) < 4.78 is 93.5. The monoisotopic (exact) mass is 486 g/mol. The molecule has 170 valence electrons. The number of pyridine rings is 1. The molecule has 0 bridgehead atoms. The molecule has 7 nitrogen and oxygen atoms in total. The van der Waals surface area contributed by atoms with Gasteiger partial charge < -0.3 is 5.11 Å². The normalized spacial score (nSPS) is 12.6. The van der Waals surface area contributed by atoms with Gasteiger partial charge >= 0.3 is 6.18 Å². The molecule has 1 heterocycles. The van der Waals surface area contributed by atoms with Crippen molar-refractivity contribution in [3.05, 3.63) is 78.0 Å². The number of hydrogen-bond acceptors (Lipinski definition) is 6. The zero-order chi connectivity index (χ0) is 23.6. The van der Waals surface area contributed by atoms with Gasteiger partial charge in [-0.15, -0.1) is 0 Å². The molecule has 0 amide bonds. The first-order valence-electron chi connectivity index (χ1n) is 9.07. The quantitative estimate of drug-likeness (QED) is 0.531. The van der Waals surface area contributed by atoms with Crippen LogP contribution in [-0.2, 0) is 32.5 Å². The Morgan fingerprint density at radius 1 is 0.906 bits per heavy atom. The van der Waals surface area contributed by atoms with Crippen LogP contribution < -0.4 is 4.72 Å². The maximum atomic E-state index is 13.5. The predicted molar refractivity (Wildman–Crippen MR) is 108 cm³/mol. The molecule has 0 saturated heterocycles. The van der Waals surface area contributed by atoms with Crippen LogP contribution in [0, 0.1) is 0 Å². The number of halogens is 3. The average Bonchev–Trinajstić information content (AvgIpc) is 2.74. The maximum Gasteiger partial charge on any atom is 0.417 e. The Hall–Kier alpha value is -2.96. The standard InChI is InChI=1S/C20H17F3N2O5S2/c21-20(22,23)17-9-8-16(31(27,28)15-6-2-1-3-7-15)13-18(17)32(29,30)25-12-10-14-5-4-11-24-19(14)26/h1-9,11,13,25H,10,12H2,(H,24,26). The minimum Gasteiger partial charge on any atom is -0.493 e. The van der Waals surface area contributed by atoms with Gasteiger partial charge in [0, 0.05) is 18.3 Å². The molecule has 2 aromatic carbocycles. The van der Waals surface area contributed by atoms with Crippen LogP contribution >= 0.6 is 0 Å². The Kier molecular flexibility index (Phi) is 6.58. The highest BCUT2D eigenvalue weighted by Crippen LogP contribution is 2.36. The van der Waals surface area contributed by atoms with Crippen molar-refractivity contribution >= 4 is 19.9 Å². The highest BCUT2D eigenvalue weighted by molar-refractivity contribution is 7.91. The molecule has 0 unspecified atom stereocenters. The number of benzene rings is 2. The van der Waals surface area contributed by atoms with Crippen LogP contribution in [-0.4, -0.2) is 33.5 Å². The Morgan fingerprint density at radius 2 is 1.59 bits per heavy atom. The second-order valence-electron chi connectivity index (χ2n) is 6.61. The molecule has 0 spiro atoms. The largest absolute Gasteiger partial charge is 0.493 e. The van der Waals surface area contributed by atoms with Crippen LogP contribution in [0.1, 0.15) is 11.1 Å². The Morgan fingerprint density at radius 3 is 2.22 bits per heavy atom. The van der Waals surface area contributed by atoms with Crippen molar-refractivity contribution in [1.29, 1.82) is 0 Å². The molecule has 3 aromatic rings. The van der Waals surface area contributed by atoms with Crippen molar-refractivity contribution in [2.45, 2.75) is 27.3 Å². The summed E-state index contributed by atoms with van der Waals surface area (Å²) in [5, 5.41) is 9.64. The summed E-state index contributed by atoms with van der Waals surface area (Å²) in [7, 11) is -9.01. The average molecular weight is 486 g/mol. The summed E-state index contributed by atoms with van der Waals surface area (Å²) in [6.07, 6.45) is -3.78. The van der Waals surface area contributed by atoms with Crippen LogP contribution in [0.15, 0.2) is 81.5 Å². The number of sulfone groups is 1. The summed E-state index contributed by atoms with van der Waals surface area (Å²) >= 11 is 0. The van der Waals surface area contributed by atoms with Gasteiger partial charge in [0.05, 0.1) is 20.2 Å². The molecule has 3 rings (SSSR count).